The first-order valence-electron chi connectivity index (χ1n) is 10.7. The highest BCUT2D eigenvalue weighted by Crippen LogP contribution is 2.28. The number of benzene rings is 3. The molecule has 0 saturated carbocycles. The van der Waals surface area contributed by atoms with Crippen molar-refractivity contribution in [3.05, 3.63) is 105 Å². The van der Waals surface area contributed by atoms with Crippen LogP contribution in [0.25, 0.3) is 0 Å². The first-order valence-corrected chi connectivity index (χ1v) is 13.0. The second-order valence-corrected chi connectivity index (χ2v) is 9.90. The van der Waals surface area contributed by atoms with E-state index in [9.17, 15) is 9.59 Å². The summed E-state index contributed by atoms with van der Waals surface area (Å²) in [7, 11) is 1.57. The predicted molar refractivity (Wildman–Crippen MR) is 143 cm³/mol. The topological polar surface area (TPSA) is 49.4 Å². The van der Waals surface area contributed by atoms with E-state index in [1.165, 1.54) is 11.8 Å². The quantitative estimate of drug-likeness (QED) is 0.333. The van der Waals surface area contributed by atoms with Crippen LogP contribution in [0.2, 0.25) is 15.1 Å². The number of rotatable bonds is 10. The Balaban J connectivity index is 1.85. The van der Waals surface area contributed by atoms with E-state index >= 15 is 0 Å². The molecule has 1 N–H and O–H groups in total. The van der Waals surface area contributed by atoms with Gasteiger partial charge in [-0.15, -0.1) is 11.8 Å². The van der Waals surface area contributed by atoms with Gasteiger partial charge in [0.05, 0.1) is 5.75 Å². The van der Waals surface area contributed by atoms with Gasteiger partial charge in [-0.25, -0.2) is 0 Å². The van der Waals surface area contributed by atoms with Crippen molar-refractivity contribution >= 4 is 58.4 Å². The molecule has 1 atom stereocenters. The number of hydrogen-bond acceptors (Lipinski definition) is 3. The lowest BCUT2D eigenvalue weighted by Gasteiger charge is -2.31. The molecule has 0 spiro atoms. The zero-order chi connectivity index (χ0) is 24.5. The molecule has 0 aromatic heterocycles. The van der Waals surface area contributed by atoms with Crippen molar-refractivity contribution < 1.29 is 9.59 Å². The van der Waals surface area contributed by atoms with Gasteiger partial charge in [0.15, 0.2) is 0 Å². The van der Waals surface area contributed by atoms with Crippen molar-refractivity contribution in [2.45, 2.75) is 24.8 Å². The lowest BCUT2D eigenvalue weighted by Crippen LogP contribution is -2.50. The largest absolute Gasteiger partial charge is 0.357 e. The lowest BCUT2D eigenvalue weighted by molar-refractivity contribution is -0.139. The SMILES string of the molecule is CNC(=O)C(Cc1ccccc1)N(Cc1c(Cl)cccc1Cl)C(=O)CSCc1ccc(Cl)cc1. The Morgan fingerprint density at radius 3 is 2.15 bits per heavy atom. The van der Waals surface area contributed by atoms with Crippen molar-refractivity contribution in [2.24, 2.45) is 0 Å². The van der Waals surface area contributed by atoms with Crippen LogP contribution in [0.3, 0.4) is 0 Å². The first-order chi connectivity index (χ1) is 16.4. The van der Waals surface area contributed by atoms with Gasteiger partial charge in [0, 0.05) is 46.4 Å². The van der Waals surface area contributed by atoms with Crippen LogP contribution in [0.5, 0.6) is 0 Å². The Hall–Kier alpha value is -2.18. The zero-order valence-electron chi connectivity index (χ0n) is 18.6. The van der Waals surface area contributed by atoms with E-state index in [0.717, 1.165) is 11.1 Å². The molecule has 34 heavy (non-hydrogen) atoms. The van der Waals surface area contributed by atoms with E-state index in [1.54, 1.807) is 30.1 Å². The summed E-state index contributed by atoms with van der Waals surface area (Å²) in [5, 5.41) is 4.28. The Labute approximate surface area is 219 Å². The molecular formula is C26H25Cl3N2O2S. The molecule has 4 nitrogen and oxygen atoms in total. The van der Waals surface area contributed by atoms with Gasteiger partial charge in [-0.2, -0.15) is 0 Å². The molecule has 0 saturated heterocycles. The number of nitrogens with one attached hydrogen (secondary N) is 1. The average Bonchev–Trinajstić information content (AvgIpc) is 2.84. The molecule has 0 aliphatic heterocycles. The third kappa shape index (κ3) is 7.41. The van der Waals surface area contributed by atoms with Crippen LogP contribution in [0.4, 0.5) is 0 Å². The van der Waals surface area contributed by atoms with Crippen LogP contribution >= 0.6 is 46.6 Å². The summed E-state index contributed by atoms with van der Waals surface area (Å²) in [6, 6.07) is 21.6. The highest BCUT2D eigenvalue weighted by Gasteiger charge is 2.30. The molecular weight excluding hydrogens is 511 g/mol. The number of carbonyl (C=O) groups excluding carboxylic acids is 2. The third-order valence-electron chi connectivity index (χ3n) is 5.32. The summed E-state index contributed by atoms with van der Waals surface area (Å²) < 4.78 is 0. The van der Waals surface area contributed by atoms with Crippen molar-refractivity contribution in [3.63, 3.8) is 0 Å². The van der Waals surface area contributed by atoms with Crippen LogP contribution in [0.1, 0.15) is 16.7 Å². The fraction of sp³-hybridized carbons (Fsp3) is 0.231. The maximum Gasteiger partial charge on any atom is 0.242 e. The molecule has 0 radical (unpaired) electrons. The molecule has 0 heterocycles. The van der Waals surface area contributed by atoms with Gasteiger partial charge in [0.1, 0.15) is 6.04 Å². The van der Waals surface area contributed by atoms with Crippen LogP contribution in [0, 0.1) is 0 Å². The Morgan fingerprint density at radius 2 is 1.53 bits per heavy atom. The smallest absolute Gasteiger partial charge is 0.242 e. The van der Waals surface area contributed by atoms with Crippen molar-refractivity contribution in [2.75, 3.05) is 12.8 Å². The first kappa shape index (κ1) is 26.4. The second kappa shape index (κ2) is 13.1. The van der Waals surface area contributed by atoms with E-state index in [4.69, 9.17) is 34.8 Å². The summed E-state index contributed by atoms with van der Waals surface area (Å²) in [5.74, 6) is 0.433. The number of amides is 2. The highest BCUT2D eigenvalue weighted by molar-refractivity contribution is 7.99. The summed E-state index contributed by atoms with van der Waals surface area (Å²) in [6.07, 6.45) is 0.371. The minimum Gasteiger partial charge on any atom is -0.357 e. The zero-order valence-corrected chi connectivity index (χ0v) is 21.7. The van der Waals surface area contributed by atoms with Crippen molar-refractivity contribution in [1.82, 2.24) is 10.2 Å². The molecule has 178 valence electrons. The number of thioether (sulfide) groups is 1. The number of likely N-dealkylation sites (N-methyl/N-ethyl adjacent to an activating group) is 1. The fourth-order valence-corrected chi connectivity index (χ4v) is 5.01. The molecule has 3 rings (SSSR count). The lowest BCUT2D eigenvalue weighted by atomic mass is 10.0. The molecule has 3 aromatic rings. The number of hydrogen-bond donors (Lipinski definition) is 1. The van der Waals surface area contributed by atoms with Gasteiger partial charge < -0.3 is 10.2 Å². The van der Waals surface area contributed by atoms with Gasteiger partial charge >= 0.3 is 0 Å². The van der Waals surface area contributed by atoms with Crippen LogP contribution in [-0.4, -0.2) is 35.6 Å². The molecule has 3 aromatic carbocycles. The standard InChI is InChI=1S/C26H25Cl3N2O2S/c1-30-26(33)24(14-18-6-3-2-4-7-18)31(15-21-22(28)8-5-9-23(21)29)25(32)17-34-16-19-10-12-20(27)13-11-19/h2-13,24H,14-17H2,1H3,(H,30,33). The summed E-state index contributed by atoms with van der Waals surface area (Å²) in [5.41, 5.74) is 2.63. The highest BCUT2D eigenvalue weighted by atomic mass is 35.5. The van der Waals surface area contributed by atoms with Gasteiger partial charge in [-0.1, -0.05) is 83.3 Å². The monoisotopic (exact) mass is 534 g/mol. The van der Waals surface area contributed by atoms with Gasteiger partial charge in [-0.05, 0) is 35.4 Å². The van der Waals surface area contributed by atoms with E-state index in [0.29, 0.717) is 32.8 Å². The predicted octanol–water partition coefficient (Wildman–Crippen LogP) is 6.27. The van der Waals surface area contributed by atoms with Crippen LogP contribution < -0.4 is 5.32 Å². The maximum atomic E-state index is 13.5. The second-order valence-electron chi connectivity index (χ2n) is 7.66. The average molecular weight is 536 g/mol. The van der Waals surface area contributed by atoms with Crippen LogP contribution in [-0.2, 0) is 28.3 Å². The summed E-state index contributed by atoms with van der Waals surface area (Å²) in [4.78, 5) is 28.0. The summed E-state index contributed by atoms with van der Waals surface area (Å²) >= 11 is 20.3. The third-order valence-corrected chi connectivity index (χ3v) is 7.26. The van der Waals surface area contributed by atoms with Gasteiger partial charge in [0.2, 0.25) is 11.8 Å². The molecule has 0 fully saturated rings. The Kier molecular flexibility index (Phi) is 10.1. The Bertz CT molecular complexity index is 1090. The number of halogens is 3. The summed E-state index contributed by atoms with van der Waals surface area (Å²) in [6.45, 7) is 0.129. The number of carbonyl (C=O) groups is 2. The Morgan fingerprint density at radius 1 is 0.882 bits per heavy atom. The normalized spacial score (nSPS) is 11.6. The number of nitrogens with zero attached hydrogens (tertiary/aromatic N) is 1. The minimum atomic E-state index is -0.719. The van der Waals surface area contributed by atoms with Crippen molar-refractivity contribution in [1.29, 1.82) is 0 Å². The minimum absolute atomic E-state index is 0.129. The molecule has 0 aliphatic carbocycles. The molecule has 0 aliphatic rings. The molecule has 2 amide bonds. The van der Waals surface area contributed by atoms with E-state index in [-0.39, 0.29) is 24.1 Å². The van der Waals surface area contributed by atoms with Gasteiger partial charge in [-0.3, -0.25) is 9.59 Å². The van der Waals surface area contributed by atoms with E-state index < -0.39 is 6.04 Å². The van der Waals surface area contributed by atoms with Crippen LogP contribution in [0.15, 0.2) is 72.8 Å². The molecule has 1 unspecified atom stereocenters. The fourth-order valence-electron chi connectivity index (χ4n) is 3.49. The van der Waals surface area contributed by atoms with Gasteiger partial charge in [0.25, 0.3) is 0 Å². The molecule has 0 bridgehead atoms. The van der Waals surface area contributed by atoms with E-state index in [1.807, 2.05) is 54.6 Å². The van der Waals surface area contributed by atoms with Crippen molar-refractivity contribution in [3.8, 4) is 0 Å². The van der Waals surface area contributed by atoms with E-state index in [2.05, 4.69) is 5.32 Å². The molecule has 8 heteroatoms. The maximum absolute atomic E-state index is 13.5.